The lowest BCUT2D eigenvalue weighted by Gasteiger charge is -2.27. The summed E-state index contributed by atoms with van der Waals surface area (Å²) < 4.78 is 0. The second-order valence-corrected chi connectivity index (χ2v) is 10.3. The molecule has 0 aromatic heterocycles. The van der Waals surface area contributed by atoms with Gasteiger partial charge in [-0.1, -0.05) is 112 Å². The molecule has 35 heavy (non-hydrogen) atoms. The van der Waals surface area contributed by atoms with Gasteiger partial charge in [0.1, 0.15) is 0 Å². The zero-order valence-electron chi connectivity index (χ0n) is 22.5. The summed E-state index contributed by atoms with van der Waals surface area (Å²) in [6.45, 7) is 17.5. The Morgan fingerprint density at radius 1 is 0.571 bits per heavy atom. The Morgan fingerprint density at radius 3 is 1.60 bits per heavy atom. The highest BCUT2D eigenvalue weighted by molar-refractivity contribution is 5.31. The van der Waals surface area contributed by atoms with Gasteiger partial charge in [-0.3, -0.25) is 0 Å². The summed E-state index contributed by atoms with van der Waals surface area (Å²) in [4.78, 5) is 3.78. The maximum Gasteiger partial charge on any atom is 0.288 e. The minimum atomic E-state index is 0.484. The number of nitrogens with zero attached hydrogens (tertiary/aromatic N) is 1. The molecule has 184 valence electrons. The molecule has 3 aromatic rings. The molecule has 0 N–H and O–H groups in total. The van der Waals surface area contributed by atoms with Gasteiger partial charge in [0, 0.05) is 5.56 Å². The highest BCUT2D eigenvalue weighted by Crippen LogP contribution is 2.39. The quantitative estimate of drug-likeness (QED) is 0.250. The summed E-state index contributed by atoms with van der Waals surface area (Å²) in [5.41, 5.74) is 8.39. The van der Waals surface area contributed by atoms with Crippen molar-refractivity contribution in [3.63, 3.8) is 0 Å². The molecule has 4 atom stereocenters. The van der Waals surface area contributed by atoms with Gasteiger partial charge in [-0.2, -0.15) is 0 Å². The topological polar surface area (TPSA) is 4.36 Å². The number of hydrogen-bond donors (Lipinski definition) is 0. The molecule has 0 saturated carbocycles. The van der Waals surface area contributed by atoms with Crippen molar-refractivity contribution < 1.29 is 0 Å². The molecular formula is C34H44N+. The molecule has 1 nitrogen and oxygen atoms in total. The lowest BCUT2D eigenvalue weighted by Crippen LogP contribution is -2.10. The summed E-state index contributed by atoms with van der Waals surface area (Å²) in [6.07, 6.45) is 5.77. The summed E-state index contributed by atoms with van der Waals surface area (Å²) in [6, 6.07) is 27.7. The highest BCUT2D eigenvalue weighted by atomic mass is 14.6. The monoisotopic (exact) mass is 466 g/mol. The van der Waals surface area contributed by atoms with Gasteiger partial charge in [0.15, 0.2) is 0 Å². The van der Waals surface area contributed by atoms with Crippen LogP contribution in [0.5, 0.6) is 0 Å². The molecule has 0 aliphatic heterocycles. The number of hydrogen-bond acceptors (Lipinski definition) is 0. The molecule has 3 aromatic carbocycles. The van der Waals surface area contributed by atoms with Gasteiger partial charge in [-0.25, -0.2) is 0 Å². The molecule has 0 saturated heterocycles. The lowest BCUT2D eigenvalue weighted by molar-refractivity contribution is 0.467. The summed E-state index contributed by atoms with van der Waals surface area (Å²) in [5.74, 6) is 2.19. The van der Waals surface area contributed by atoms with E-state index in [2.05, 4.69) is 112 Å². The van der Waals surface area contributed by atoms with Gasteiger partial charge in [-0.05, 0) is 83.6 Å². The number of rotatable bonds is 12. The van der Waals surface area contributed by atoms with Crippen LogP contribution >= 0.6 is 0 Å². The fraction of sp³-hybridized carbons (Fsp3) is 0.441. The van der Waals surface area contributed by atoms with Crippen LogP contribution in [0.1, 0.15) is 117 Å². The van der Waals surface area contributed by atoms with Crippen LogP contribution in [-0.4, -0.2) is 0 Å². The van der Waals surface area contributed by atoms with Crippen LogP contribution in [0.3, 0.4) is 0 Å². The Hall–Kier alpha value is -2.85. The van der Waals surface area contributed by atoms with Gasteiger partial charge in [0.2, 0.25) is 0 Å². The Labute approximate surface area is 214 Å². The van der Waals surface area contributed by atoms with Crippen LogP contribution in [0.4, 0.5) is 0 Å². The van der Waals surface area contributed by atoms with Crippen molar-refractivity contribution in [2.45, 2.75) is 96.9 Å². The summed E-state index contributed by atoms with van der Waals surface area (Å²) in [5, 5.41) is 0. The molecule has 0 aliphatic carbocycles. The van der Waals surface area contributed by atoms with Gasteiger partial charge in [0.05, 0.1) is 0 Å². The first-order valence-electron chi connectivity index (χ1n) is 13.6. The molecule has 0 amide bonds. The maximum absolute atomic E-state index is 5.38. The van der Waals surface area contributed by atoms with Gasteiger partial charge < -0.3 is 0 Å². The van der Waals surface area contributed by atoms with E-state index in [9.17, 15) is 0 Å². The lowest BCUT2D eigenvalue weighted by atomic mass is 9.78. The third-order valence-corrected chi connectivity index (χ3v) is 7.97. The van der Waals surface area contributed by atoms with Gasteiger partial charge in [0.25, 0.3) is 13.1 Å². The van der Waals surface area contributed by atoms with Crippen LogP contribution in [0.2, 0.25) is 0 Å². The van der Waals surface area contributed by atoms with E-state index >= 15 is 0 Å². The maximum atomic E-state index is 5.38. The van der Waals surface area contributed by atoms with E-state index < -0.39 is 0 Å². The molecule has 0 spiro atoms. The van der Waals surface area contributed by atoms with Crippen molar-refractivity contribution in [2.75, 3.05) is 0 Å². The van der Waals surface area contributed by atoms with E-state index in [-0.39, 0.29) is 0 Å². The zero-order valence-corrected chi connectivity index (χ0v) is 22.5. The molecule has 4 unspecified atom stereocenters. The van der Waals surface area contributed by atoms with Crippen molar-refractivity contribution in [3.8, 4) is 6.57 Å². The molecule has 0 radical (unpaired) electrons. The molecular weight excluding hydrogens is 422 g/mol. The summed E-state index contributed by atoms with van der Waals surface area (Å²) in [7, 11) is 0. The average molecular weight is 467 g/mol. The molecule has 0 fully saturated rings. The first-order valence-corrected chi connectivity index (χ1v) is 13.6. The van der Waals surface area contributed by atoms with Crippen LogP contribution in [-0.2, 0) is 13.0 Å². The second kappa shape index (κ2) is 13.3. The molecule has 3 rings (SSSR count). The molecule has 1 heteroatoms. The van der Waals surface area contributed by atoms with Crippen LogP contribution in [0, 0.1) is 6.57 Å². The van der Waals surface area contributed by atoms with E-state index in [4.69, 9.17) is 6.57 Å². The first-order chi connectivity index (χ1) is 17.0. The van der Waals surface area contributed by atoms with E-state index in [1.807, 2.05) is 0 Å². The number of aryl methyl sites for hydroxylation is 1. The van der Waals surface area contributed by atoms with Crippen molar-refractivity contribution in [3.05, 3.63) is 111 Å². The van der Waals surface area contributed by atoms with Crippen LogP contribution < -0.4 is 0 Å². The minimum absolute atomic E-state index is 0.484. The fourth-order valence-corrected chi connectivity index (χ4v) is 5.23. The largest absolute Gasteiger partial charge is 0.288 e. The zero-order chi connectivity index (χ0) is 25.2. The minimum Gasteiger partial charge on any atom is -0.0817 e. The Balaban J connectivity index is 1.85. The van der Waals surface area contributed by atoms with Crippen LogP contribution in [0.25, 0.3) is 4.85 Å². The highest BCUT2D eigenvalue weighted by Gasteiger charge is 2.22. The Kier molecular flexibility index (Phi) is 10.2. The van der Waals surface area contributed by atoms with Gasteiger partial charge >= 0.3 is 0 Å². The van der Waals surface area contributed by atoms with E-state index in [1.54, 1.807) is 0 Å². The van der Waals surface area contributed by atoms with Crippen molar-refractivity contribution in [1.82, 2.24) is 0 Å². The van der Waals surface area contributed by atoms with E-state index in [1.165, 1.54) is 52.6 Å². The third-order valence-electron chi connectivity index (χ3n) is 7.97. The summed E-state index contributed by atoms with van der Waals surface area (Å²) >= 11 is 0. The Morgan fingerprint density at radius 2 is 1.06 bits per heavy atom. The smallest absolute Gasteiger partial charge is 0.0817 e. The van der Waals surface area contributed by atoms with Crippen molar-refractivity contribution >= 4 is 0 Å². The van der Waals surface area contributed by atoms with E-state index in [0.29, 0.717) is 30.2 Å². The van der Waals surface area contributed by atoms with Crippen molar-refractivity contribution in [2.24, 2.45) is 0 Å². The molecule has 0 aliphatic rings. The first kappa shape index (κ1) is 26.7. The SMILES string of the molecule is C#[N+]Cc1ccc(C(C)CC(CC(CC)c2ccc(CC)cc2)c2ccc(C(C)CC)cc2)cc1. The third kappa shape index (κ3) is 7.32. The number of benzene rings is 3. The normalized spacial score (nSPS) is 14.6. The predicted molar refractivity (Wildman–Crippen MR) is 153 cm³/mol. The average Bonchev–Trinajstić information content (AvgIpc) is 2.91. The van der Waals surface area contributed by atoms with Crippen molar-refractivity contribution in [1.29, 1.82) is 0 Å². The molecule has 0 heterocycles. The molecule has 0 bridgehead atoms. The van der Waals surface area contributed by atoms with Crippen LogP contribution in [0.15, 0.2) is 72.8 Å². The van der Waals surface area contributed by atoms with E-state index in [0.717, 1.165) is 12.8 Å². The standard InChI is InChI=1S/C34H44N/c1-7-25(4)30-18-20-33(21-19-30)34(22-26(5)31-14-12-28(13-15-31)24-35-6)23-29(9-3)32-16-10-27(8-2)11-17-32/h6,10-21,25-26,29,34H,7-9,22-24H2,1-5H3/q+1. The predicted octanol–water partition coefficient (Wildman–Crippen LogP) is 10.1. The fourth-order valence-electron chi connectivity index (χ4n) is 5.23. The van der Waals surface area contributed by atoms with Gasteiger partial charge in [-0.15, -0.1) is 0 Å². The second-order valence-electron chi connectivity index (χ2n) is 10.3. The Bertz CT molecular complexity index is 1050.